The summed E-state index contributed by atoms with van der Waals surface area (Å²) in [7, 11) is 1.33. The van der Waals surface area contributed by atoms with Gasteiger partial charge in [-0.2, -0.15) is 0 Å². The van der Waals surface area contributed by atoms with Crippen LogP contribution in [0.25, 0.3) is 0 Å². The second-order valence-electron chi connectivity index (χ2n) is 1.45. The Morgan fingerprint density at radius 2 is 2.00 bits per heavy atom. The summed E-state index contributed by atoms with van der Waals surface area (Å²) >= 11 is 0. The van der Waals surface area contributed by atoms with Crippen molar-refractivity contribution in [3.05, 3.63) is 25.0 Å². The highest BCUT2D eigenvalue weighted by atomic mass is 16.5. The van der Waals surface area contributed by atoms with E-state index in [-0.39, 0.29) is 5.97 Å². The van der Waals surface area contributed by atoms with Gasteiger partial charge in [0.05, 0.1) is 13.4 Å². The van der Waals surface area contributed by atoms with Gasteiger partial charge in [-0.25, -0.2) is 4.79 Å². The number of methoxy groups -OCH3 is 1. The minimum Gasteiger partial charge on any atom is -0.516 e. The summed E-state index contributed by atoms with van der Waals surface area (Å²) in [6.45, 7) is 7.87. The van der Waals surface area contributed by atoms with Gasteiger partial charge >= 0.3 is 5.97 Å². The van der Waals surface area contributed by atoms with Crippen LogP contribution in [0.1, 0.15) is 6.92 Å². The van der Waals surface area contributed by atoms with Gasteiger partial charge in [-0.1, -0.05) is 13.2 Å². The zero-order valence-electron chi connectivity index (χ0n) is 6.26. The van der Waals surface area contributed by atoms with Crippen LogP contribution in [-0.2, 0) is 9.53 Å². The summed E-state index contributed by atoms with van der Waals surface area (Å²) in [5.74, 6) is -0.347. The van der Waals surface area contributed by atoms with Gasteiger partial charge in [0.25, 0.3) is 0 Å². The van der Waals surface area contributed by atoms with E-state index in [1.165, 1.54) is 7.11 Å². The van der Waals surface area contributed by atoms with Gasteiger partial charge in [0.1, 0.15) is 0 Å². The first-order valence-corrected chi connectivity index (χ1v) is 2.59. The number of ether oxygens (including phenoxy) is 1. The van der Waals surface area contributed by atoms with Gasteiger partial charge in [0.15, 0.2) is 0 Å². The van der Waals surface area contributed by atoms with Crippen LogP contribution < -0.4 is 0 Å². The highest BCUT2D eigenvalue weighted by Crippen LogP contribution is 1.87. The van der Waals surface area contributed by atoms with Gasteiger partial charge < -0.3 is 9.84 Å². The van der Waals surface area contributed by atoms with Crippen LogP contribution in [0, 0.1) is 0 Å². The van der Waals surface area contributed by atoms with Gasteiger partial charge in [-0.3, -0.25) is 0 Å². The molecule has 3 heteroatoms. The summed E-state index contributed by atoms with van der Waals surface area (Å²) < 4.78 is 4.27. The topological polar surface area (TPSA) is 46.5 Å². The minimum atomic E-state index is -0.347. The Hall–Kier alpha value is -1.25. The smallest absolute Gasteiger partial charge is 0.332 e. The van der Waals surface area contributed by atoms with Crippen LogP contribution in [0.5, 0.6) is 0 Å². The van der Waals surface area contributed by atoms with Crippen molar-refractivity contribution in [2.24, 2.45) is 0 Å². The number of aliphatic hydroxyl groups excluding tert-OH is 1. The average Bonchev–Trinajstić information content (AvgIpc) is 1.88. The van der Waals surface area contributed by atoms with Crippen molar-refractivity contribution >= 4 is 5.97 Å². The fraction of sp³-hybridized carbons (Fsp3) is 0.286. The minimum absolute atomic E-state index is 0.347. The maximum atomic E-state index is 10.2. The maximum Gasteiger partial charge on any atom is 0.332 e. The van der Waals surface area contributed by atoms with Crippen LogP contribution in [0.4, 0.5) is 0 Å². The number of esters is 1. The lowest BCUT2D eigenvalue weighted by Gasteiger charge is -1.91. The first-order valence-electron chi connectivity index (χ1n) is 2.59. The molecule has 0 amide bonds. The molecule has 0 spiro atoms. The van der Waals surface area contributed by atoms with E-state index in [1.54, 1.807) is 6.92 Å². The molecule has 1 N–H and O–H groups in total. The molecule has 0 radical (unpaired) electrons. The predicted octanol–water partition coefficient (Wildman–Crippen LogP) is 1.42. The summed E-state index contributed by atoms with van der Waals surface area (Å²) in [5.41, 5.74) is 0.433. The Morgan fingerprint density at radius 1 is 1.70 bits per heavy atom. The molecule has 0 atom stereocenters. The van der Waals surface area contributed by atoms with Crippen LogP contribution in [0.15, 0.2) is 25.0 Å². The largest absolute Gasteiger partial charge is 0.516 e. The molecule has 58 valence electrons. The van der Waals surface area contributed by atoms with Crippen LogP contribution in [0.3, 0.4) is 0 Å². The molecule has 0 aromatic rings. The Balaban J connectivity index is 0. The predicted molar refractivity (Wildman–Crippen MR) is 39.7 cm³/mol. The van der Waals surface area contributed by atoms with E-state index in [9.17, 15) is 4.79 Å². The van der Waals surface area contributed by atoms with Gasteiger partial charge in [-0.05, 0) is 6.92 Å². The van der Waals surface area contributed by atoms with Crippen LogP contribution in [0.2, 0.25) is 0 Å². The number of aliphatic hydroxyl groups is 1. The highest BCUT2D eigenvalue weighted by molar-refractivity contribution is 5.86. The van der Waals surface area contributed by atoms with Gasteiger partial charge in [0, 0.05) is 5.57 Å². The van der Waals surface area contributed by atoms with Crippen molar-refractivity contribution in [3.8, 4) is 0 Å². The van der Waals surface area contributed by atoms with E-state index in [0.717, 1.165) is 6.26 Å². The summed E-state index contributed by atoms with van der Waals surface area (Å²) in [6, 6.07) is 0. The molecule has 0 bridgehead atoms. The lowest BCUT2D eigenvalue weighted by atomic mass is 10.4. The number of carbonyl (C=O) groups is 1. The molecule has 0 unspecified atom stereocenters. The highest BCUT2D eigenvalue weighted by Gasteiger charge is 1.95. The molecular weight excluding hydrogens is 132 g/mol. The Labute approximate surface area is 60.6 Å². The van der Waals surface area contributed by atoms with Gasteiger partial charge in [0.2, 0.25) is 0 Å². The van der Waals surface area contributed by atoms with E-state index < -0.39 is 0 Å². The Morgan fingerprint density at radius 3 is 2.00 bits per heavy atom. The molecule has 0 aliphatic rings. The van der Waals surface area contributed by atoms with Crippen molar-refractivity contribution in [2.75, 3.05) is 7.11 Å². The maximum absolute atomic E-state index is 10.2. The van der Waals surface area contributed by atoms with Crippen molar-refractivity contribution in [1.29, 1.82) is 0 Å². The summed E-state index contributed by atoms with van der Waals surface area (Å²) in [5, 5.41) is 7.33. The van der Waals surface area contributed by atoms with Gasteiger partial charge in [-0.15, -0.1) is 0 Å². The summed E-state index contributed by atoms with van der Waals surface area (Å²) in [4.78, 5) is 10.2. The Kier molecular flexibility index (Phi) is 8.94. The third-order valence-electron chi connectivity index (χ3n) is 0.534. The van der Waals surface area contributed by atoms with E-state index >= 15 is 0 Å². The number of carbonyl (C=O) groups excluding carboxylic acids is 1. The van der Waals surface area contributed by atoms with Crippen molar-refractivity contribution in [3.63, 3.8) is 0 Å². The molecule has 0 heterocycles. The third kappa shape index (κ3) is 9.89. The standard InChI is InChI=1S/C5H8O2.C2H4O/c1-4(2)5(6)7-3;1-2-3/h1H2,2-3H3;2-3H,1H2. The van der Waals surface area contributed by atoms with E-state index in [1.807, 2.05) is 0 Å². The molecule has 0 rings (SSSR count). The van der Waals surface area contributed by atoms with Crippen LogP contribution in [-0.4, -0.2) is 18.2 Å². The molecule has 10 heavy (non-hydrogen) atoms. The quantitative estimate of drug-likeness (QED) is 0.344. The number of hydrogen-bond acceptors (Lipinski definition) is 3. The lowest BCUT2D eigenvalue weighted by Crippen LogP contribution is -1.98. The molecule has 0 aromatic carbocycles. The molecular formula is C7H12O3. The van der Waals surface area contributed by atoms with E-state index in [2.05, 4.69) is 17.9 Å². The molecule has 0 aliphatic carbocycles. The lowest BCUT2D eigenvalue weighted by molar-refractivity contribution is -0.136. The zero-order chi connectivity index (χ0) is 8.57. The number of rotatable bonds is 1. The fourth-order valence-corrected chi connectivity index (χ4v) is 0.174. The second-order valence-corrected chi connectivity index (χ2v) is 1.45. The van der Waals surface area contributed by atoms with Crippen molar-refractivity contribution < 1.29 is 14.6 Å². The van der Waals surface area contributed by atoms with Crippen LogP contribution >= 0.6 is 0 Å². The van der Waals surface area contributed by atoms with E-state index in [0.29, 0.717) is 5.57 Å². The second kappa shape index (κ2) is 7.75. The zero-order valence-corrected chi connectivity index (χ0v) is 6.26. The Bertz CT molecular complexity index is 127. The molecule has 0 aliphatic heterocycles. The third-order valence-corrected chi connectivity index (χ3v) is 0.534. The molecule has 0 aromatic heterocycles. The molecule has 0 saturated carbocycles. The van der Waals surface area contributed by atoms with Crippen molar-refractivity contribution in [2.45, 2.75) is 6.92 Å². The first-order chi connectivity index (χ1) is 4.59. The molecule has 0 fully saturated rings. The fourth-order valence-electron chi connectivity index (χ4n) is 0.174. The number of hydrogen-bond donors (Lipinski definition) is 1. The first kappa shape index (κ1) is 11.5. The van der Waals surface area contributed by atoms with Crippen molar-refractivity contribution in [1.82, 2.24) is 0 Å². The summed E-state index contributed by atoms with van der Waals surface area (Å²) in [6.07, 6.45) is 0.750. The van der Waals surface area contributed by atoms with E-state index in [4.69, 9.17) is 5.11 Å². The molecule has 0 saturated heterocycles. The normalized spacial score (nSPS) is 6.60. The monoisotopic (exact) mass is 144 g/mol. The SMILES string of the molecule is C=C(C)C(=O)OC.C=CO. The average molecular weight is 144 g/mol. The molecule has 3 nitrogen and oxygen atoms in total.